The van der Waals surface area contributed by atoms with Crippen LogP contribution >= 0.6 is 0 Å². The Morgan fingerprint density at radius 3 is 2.67 bits per heavy atom. The van der Waals surface area contributed by atoms with Crippen LogP contribution < -0.4 is 15.4 Å². The summed E-state index contributed by atoms with van der Waals surface area (Å²) in [5.74, 6) is 0.190. The Hall–Kier alpha value is -2.57. The fourth-order valence-corrected chi connectivity index (χ4v) is 4.78. The quantitative estimate of drug-likeness (QED) is 0.746. The number of amides is 3. The Morgan fingerprint density at radius 2 is 1.90 bits per heavy atom. The van der Waals surface area contributed by atoms with Crippen molar-refractivity contribution in [1.29, 1.82) is 0 Å². The van der Waals surface area contributed by atoms with Gasteiger partial charge in [0.15, 0.2) is 5.72 Å². The summed E-state index contributed by atoms with van der Waals surface area (Å²) in [7, 11) is 0. The molecule has 1 aliphatic carbocycles. The van der Waals surface area contributed by atoms with Crippen molar-refractivity contribution in [2.24, 2.45) is 0 Å². The highest BCUT2D eigenvalue weighted by atomic mass is 16.5. The van der Waals surface area contributed by atoms with Crippen molar-refractivity contribution >= 4 is 17.7 Å². The van der Waals surface area contributed by atoms with Crippen LogP contribution in [0.3, 0.4) is 0 Å². The van der Waals surface area contributed by atoms with E-state index in [0.29, 0.717) is 30.7 Å². The van der Waals surface area contributed by atoms with E-state index in [4.69, 9.17) is 4.74 Å². The lowest BCUT2D eigenvalue weighted by Gasteiger charge is -2.38. The van der Waals surface area contributed by atoms with Crippen LogP contribution in [-0.4, -0.2) is 47.0 Å². The molecule has 0 radical (unpaired) electrons. The number of hydrogen-bond donors (Lipinski definition) is 2. The van der Waals surface area contributed by atoms with E-state index in [1.54, 1.807) is 30.0 Å². The maximum Gasteiger partial charge on any atom is 0.258 e. The van der Waals surface area contributed by atoms with Gasteiger partial charge in [-0.1, -0.05) is 37.8 Å². The third-order valence-corrected chi connectivity index (χ3v) is 6.65. The number of nitrogens with zero attached hydrogens (tertiary/aromatic N) is 1. The van der Waals surface area contributed by atoms with Crippen LogP contribution in [-0.2, 0) is 9.59 Å². The highest BCUT2D eigenvalue weighted by molar-refractivity contribution is 5.98. The number of benzene rings is 1. The Kier molecular flexibility index (Phi) is 5.97. The Labute approximate surface area is 177 Å². The Bertz CT molecular complexity index is 818. The lowest BCUT2D eigenvalue weighted by molar-refractivity contribution is -0.139. The van der Waals surface area contributed by atoms with Crippen LogP contribution in [0.1, 0.15) is 75.1 Å². The molecule has 0 aromatic heterocycles. The molecule has 7 nitrogen and oxygen atoms in total. The molecule has 2 heterocycles. The van der Waals surface area contributed by atoms with E-state index in [1.165, 1.54) is 12.8 Å². The summed E-state index contributed by atoms with van der Waals surface area (Å²) in [5, 5.41) is 6.12. The van der Waals surface area contributed by atoms with Crippen LogP contribution in [0.2, 0.25) is 0 Å². The molecule has 1 spiro atoms. The van der Waals surface area contributed by atoms with E-state index in [9.17, 15) is 14.4 Å². The van der Waals surface area contributed by atoms with Crippen molar-refractivity contribution in [3.05, 3.63) is 29.8 Å². The maximum absolute atomic E-state index is 12.9. The molecule has 3 amide bonds. The van der Waals surface area contributed by atoms with Crippen LogP contribution in [0.15, 0.2) is 24.3 Å². The molecule has 162 valence electrons. The summed E-state index contributed by atoms with van der Waals surface area (Å²) >= 11 is 0. The number of carbonyl (C=O) groups is 3. The van der Waals surface area contributed by atoms with Crippen molar-refractivity contribution in [2.45, 2.75) is 82.5 Å². The summed E-state index contributed by atoms with van der Waals surface area (Å²) in [6, 6.07) is 6.80. The van der Waals surface area contributed by atoms with Crippen LogP contribution in [0.5, 0.6) is 5.75 Å². The molecule has 2 N–H and O–H groups in total. The first-order valence-corrected chi connectivity index (χ1v) is 11.2. The fourth-order valence-electron chi connectivity index (χ4n) is 4.78. The molecular formula is C23H31N3O4. The van der Waals surface area contributed by atoms with Gasteiger partial charge in [0.25, 0.3) is 5.91 Å². The Morgan fingerprint density at radius 1 is 1.17 bits per heavy atom. The van der Waals surface area contributed by atoms with Gasteiger partial charge in [-0.05, 0) is 31.9 Å². The lowest BCUT2D eigenvalue weighted by Crippen LogP contribution is -2.56. The van der Waals surface area contributed by atoms with Gasteiger partial charge >= 0.3 is 0 Å². The average molecular weight is 414 g/mol. The largest absolute Gasteiger partial charge is 0.467 e. The standard InChI is InChI=1S/C23H31N3O4/c1-16(21(28)24-17-8-4-2-3-5-9-17)26-15-14-23(13-12-20(26)27)25-22(29)18-10-6-7-11-19(18)30-23/h6-7,10-11,16-17H,2-5,8-9,12-15H2,1H3,(H,24,28)(H,25,29). The number of fused-ring (bicyclic) bond motifs is 1. The van der Waals surface area contributed by atoms with Gasteiger partial charge in [-0.2, -0.15) is 0 Å². The summed E-state index contributed by atoms with van der Waals surface area (Å²) in [6.45, 7) is 2.15. The summed E-state index contributed by atoms with van der Waals surface area (Å²) in [5.41, 5.74) is -0.403. The van der Waals surface area contributed by atoms with E-state index in [1.807, 2.05) is 6.07 Å². The molecule has 4 rings (SSSR count). The van der Waals surface area contributed by atoms with Gasteiger partial charge in [-0.25, -0.2) is 0 Å². The molecular weight excluding hydrogens is 382 g/mol. The van der Waals surface area contributed by atoms with Crippen molar-refractivity contribution in [1.82, 2.24) is 15.5 Å². The van der Waals surface area contributed by atoms with Crippen LogP contribution in [0, 0.1) is 0 Å². The molecule has 30 heavy (non-hydrogen) atoms. The highest BCUT2D eigenvalue weighted by Gasteiger charge is 2.43. The zero-order valence-corrected chi connectivity index (χ0v) is 17.6. The minimum atomic E-state index is -0.909. The number of likely N-dealkylation sites (tertiary alicyclic amines) is 1. The molecule has 2 fully saturated rings. The smallest absolute Gasteiger partial charge is 0.258 e. The van der Waals surface area contributed by atoms with Crippen molar-refractivity contribution < 1.29 is 19.1 Å². The monoisotopic (exact) mass is 413 g/mol. The summed E-state index contributed by atoms with van der Waals surface area (Å²) in [4.78, 5) is 39.9. The SMILES string of the molecule is CC(C(=O)NC1CCCCCC1)N1CCC2(CCC1=O)NC(=O)c1ccccc1O2. The predicted molar refractivity (Wildman–Crippen MR) is 112 cm³/mol. The maximum atomic E-state index is 12.9. The second-order valence-electron chi connectivity index (χ2n) is 8.76. The van der Waals surface area contributed by atoms with Gasteiger partial charge < -0.3 is 20.3 Å². The molecule has 2 aliphatic heterocycles. The number of rotatable bonds is 3. The predicted octanol–water partition coefficient (Wildman–Crippen LogP) is 2.75. The first-order chi connectivity index (χ1) is 14.5. The van der Waals surface area contributed by atoms with Gasteiger partial charge in [-0.15, -0.1) is 0 Å². The molecule has 1 aromatic rings. The first-order valence-electron chi connectivity index (χ1n) is 11.2. The summed E-state index contributed by atoms with van der Waals surface area (Å²) < 4.78 is 6.17. The van der Waals surface area contributed by atoms with E-state index in [0.717, 1.165) is 25.7 Å². The van der Waals surface area contributed by atoms with Crippen LogP contribution in [0.4, 0.5) is 0 Å². The van der Waals surface area contributed by atoms with Crippen molar-refractivity contribution in [2.75, 3.05) is 6.54 Å². The zero-order chi connectivity index (χ0) is 21.1. The van der Waals surface area contributed by atoms with Gasteiger partial charge in [0.1, 0.15) is 11.8 Å². The second kappa shape index (κ2) is 8.66. The highest BCUT2D eigenvalue weighted by Crippen LogP contribution is 2.34. The van der Waals surface area contributed by atoms with Crippen LogP contribution in [0.25, 0.3) is 0 Å². The van der Waals surface area contributed by atoms with Crippen molar-refractivity contribution in [3.63, 3.8) is 0 Å². The zero-order valence-electron chi connectivity index (χ0n) is 17.6. The molecule has 1 saturated heterocycles. The second-order valence-corrected chi connectivity index (χ2v) is 8.76. The molecule has 2 atom stereocenters. The van der Waals surface area contributed by atoms with E-state index in [2.05, 4.69) is 10.6 Å². The minimum Gasteiger partial charge on any atom is -0.467 e. The van der Waals surface area contributed by atoms with Gasteiger partial charge in [0, 0.05) is 31.8 Å². The number of carbonyl (C=O) groups excluding carboxylic acids is 3. The normalized spacial score (nSPS) is 26.1. The number of ether oxygens (including phenoxy) is 1. The fraction of sp³-hybridized carbons (Fsp3) is 0.609. The molecule has 1 saturated carbocycles. The number of hydrogen-bond acceptors (Lipinski definition) is 4. The number of para-hydroxylation sites is 1. The molecule has 1 aromatic carbocycles. The van der Waals surface area contributed by atoms with E-state index >= 15 is 0 Å². The number of nitrogens with one attached hydrogen (secondary N) is 2. The topological polar surface area (TPSA) is 87.7 Å². The van der Waals surface area contributed by atoms with E-state index < -0.39 is 11.8 Å². The lowest BCUT2D eigenvalue weighted by atomic mass is 10.0. The third kappa shape index (κ3) is 4.30. The molecule has 0 bridgehead atoms. The van der Waals surface area contributed by atoms with Crippen molar-refractivity contribution in [3.8, 4) is 5.75 Å². The minimum absolute atomic E-state index is 0.0768. The van der Waals surface area contributed by atoms with E-state index in [-0.39, 0.29) is 30.2 Å². The van der Waals surface area contributed by atoms with Gasteiger partial charge in [-0.3, -0.25) is 14.4 Å². The third-order valence-electron chi connectivity index (χ3n) is 6.65. The molecule has 7 heteroatoms. The van der Waals surface area contributed by atoms with Gasteiger partial charge in [0.05, 0.1) is 5.56 Å². The molecule has 3 aliphatic rings. The Balaban J connectivity index is 1.42. The average Bonchev–Trinajstić information content (AvgIpc) is 3.08. The summed E-state index contributed by atoms with van der Waals surface area (Å²) in [6.07, 6.45) is 7.81. The molecule has 2 unspecified atom stereocenters. The van der Waals surface area contributed by atoms with Gasteiger partial charge in [0.2, 0.25) is 11.8 Å². The first kappa shape index (κ1) is 20.7.